The number of fused-ring (bicyclic) bond motifs is 1. The topological polar surface area (TPSA) is 84.0 Å². The summed E-state index contributed by atoms with van der Waals surface area (Å²) in [6.45, 7) is 1.58. The Kier molecular flexibility index (Phi) is 2.31. The Balaban J connectivity index is 1.69. The van der Waals surface area contributed by atoms with E-state index < -0.39 is 5.76 Å². The number of H-pyrrole nitrogens is 1. The third-order valence-electron chi connectivity index (χ3n) is 3.18. The van der Waals surface area contributed by atoms with Crippen molar-refractivity contribution in [1.29, 1.82) is 0 Å². The van der Waals surface area contributed by atoms with Crippen LogP contribution in [0.3, 0.4) is 0 Å². The van der Waals surface area contributed by atoms with Crippen LogP contribution >= 0.6 is 0 Å². The van der Waals surface area contributed by atoms with Gasteiger partial charge in [-0.3, -0.25) is 4.98 Å². The standard InChI is InChI=1S/C12H15N3O2/c13-12(3-4-12)7-14-6-8-1-2-9-10(5-8)17-11(16)15-9/h1-2,5,14H,3-4,6-7,13H2,(H,15,16). The van der Waals surface area contributed by atoms with E-state index in [1.165, 1.54) is 0 Å². The maximum Gasteiger partial charge on any atom is 0.417 e. The van der Waals surface area contributed by atoms with Gasteiger partial charge in [-0.25, -0.2) is 4.79 Å². The van der Waals surface area contributed by atoms with Crippen LogP contribution in [0.1, 0.15) is 18.4 Å². The fraction of sp³-hybridized carbons (Fsp3) is 0.417. The first-order valence-corrected chi connectivity index (χ1v) is 5.76. The number of nitrogens with one attached hydrogen (secondary N) is 2. The van der Waals surface area contributed by atoms with Crippen LogP contribution in [-0.2, 0) is 6.54 Å². The van der Waals surface area contributed by atoms with Gasteiger partial charge in [0.15, 0.2) is 5.58 Å². The molecule has 1 aliphatic rings. The largest absolute Gasteiger partial charge is 0.417 e. The van der Waals surface area contributed by atoms with Gasteiger partial charge in [0.1, 0.15) is 0 Å². The lowest BCUT2D eigenvalue weighted by Crippen LogP contribution is -2.35. The van der Waals surface area contributed by atoms with E-state index in [-0.39, 0.29) is 5.54 Å². The van der Waals surface area contributed by atoms with Crippen LogP contribution < -0.4 is 16.8 Å². The van der Waals surface area contributed by atoms with Crippen LogP contribution in [0.5, 0.6) is 0 Å². The fourth-order valence-corrected chi connectivity index (χ4v) is 1.89. The Hall–Kier alpha value is -1.59. The molecule has 0 spiro atoms. The van der Waals surface area contributed by atoms with Gasteiger partial charge in [0.05, 0.1) is 5.52 Å². The van der Waals surface area contributed by atoms with Gasteiger partial charge in [-0.05, 0) is 30.5 Å². The number of aromatic nitrogens is 1. The van der Waals surface area contributed by atoms with Crippen molar-refractivity contribution < 1.29 is 4.42 Å². The number of nitrogens with two attached hydrogens (primary N) is 1. The first-order chi connectivity index (χ1) is 8.15. The van der Waals surface area contributed by atoms with Crippen molar-refractivity contribution in [2.75, 3.05) is 6.54 Å². The molecule has 0 bridgehead atoms. The van der Waals surface area contributed by atoms with Gasteiger partial charge < -0.3 is 15.5 Å². The lowest BCUT2D eigenvalue weighted by molar-refractivity contribution is 0.553. The van der Waals surface area contributed by atoms with Gasteiger partial charge in [0, 0.05) is 18.6 Å². The van der Waals surface area contributed by atoms with Crippen LogP contribution in [0.2, 0.25) is 0 Å². The number of oxazole rings is 1. The van der Waals surface area contributed by atoms with E-state index in [0.717, 1.165) is 37.0 Å². The number of benzene rings is 1. The van der Waals surface area contributed by atoms with Crippen molar-refractivity contribution in [3.8, 4) is 0 Å². The van der Waals surface area contributed by atoms with Crippen LogP contribution in [0, 0.1) is 0 Å². The summed E-state index contributed by atoms with van der Waals surface area (Å²) in [5, 5.41) is 3.32. The van der Waals surface area contributed by atoms with Crippen molar-refractivity contribution in [2.45, 2.75) is 24.9 Å². The molecule has 0 unspecified atom stereocenters. The van der Waals surface area contributed by atoms with Crippen LogP contribution in [0.4, 0.5) is 0 Å². The molecule has 17 heavy (non-hydrogen) atoms. The van der Waals surface area contributed by atoms with E-state index in [1.54, 1.807) is 0 Å². The molecule has 0 aliphatic heterocycles. The van der Waals surface area contributed by atoms with Crippen LogP contribution in [0.15, 0.2) is 27.4 Å². The Morgan fingerprint density at radius 1 is 1.47 bits per heavy atom. The summed E-state index contributed by atoms with van der Waals surface area (Å²) in [4.78, 5) is 13.6. The summed E-state index contributed by atoms with van der Waals surface area (Å²) in [5.74, 6) is -0.413. The van der Waals surface area contributed by atoms with E-state index in [1.807, 2.05) is 18.2 Å². The lowest BCUT2D eigenvalue weighted by Gasteiger charge is -2.09. The molecule has 0 amide bonds. The first kappa shape index (κ1) is 10.6. The molecule has 1 heterocycles. The summed E-state index contributed by atoms with van der Waals surface area (Å²) in [6.07, 6.45) is 2.21. The van der Waals surface area contributed by atoms with E-state index in [2.05, 4.69) is 10.3 Å². The van der Waals surface area contributed by atoms with Crippen LogP contribution in [-0.4, -0.2) is 17.1 Å². The second-order valence-corrected chi connectivity index (χ2v) is 4.81. The zero-order chi connectivity index (χ0) is 11.9. The monoisotopic (exact) mass is 233 g/mol. The molecule has 1 aromatic carbocycles. The summed E-state index contributed by atoms with van der Waals surface area (Å²) in [6, 6.07) is 5.69. The van der Waals surface area contributed by atoms with Crippen molar-refractivity contribution in [3.05, 3.63) is 34.3 Å². The van der Waals surface area contributed by atoms with E-state index in [9.17, 15) is 4.79 Å². The molecule has 0 saturated heterocycles. The van der Waals surface area contributed by atoms with Gasteiger partial charge in [-0.15, -0.1) is 0 Å². The molecule has 1 aromatic heterocycles. The van der Waals surface area contributed by atoms with Crippen LogP contribution in [0.25, 0.3) is 11.1 Å². The number of hydrogen-bond acceptors (Lipinski definition) is 4. The highest BCUT2D eigenvalue weighted by Gasteiger charge is 2.37. The molecule has 0 radical (unpaired) electrons. The van der Waals surface area contributed by atoms with E-state index >= 15 is 0 Å². The second-order valence-electron chi connectivity index (χ2n) is 4.81. The highest BCUT2D eigenvalue weighted by Crippen LogP contribution is 2.31. The van der Waals surface area contributed by atoms with Crippen molar-refractivity contribution in [1.82, 2.24) is 10.3 Å². The molecular formula is C12H15N3O2. The van der Waals surface area contributed by atoms with Crippen molar-refractivity contribution >= 4 is 11.1 Å². The summed E-state index contributed by atoms with van der Waals surface area (Å²) >= 11 is 0. The minimum absolute atomic E-state index is 0.0186. The predicted molar refractivity (Wildman–Crippen MR) is 64.7 cm³/mol. The molecule has 1 aliphatic carbocycles. The van der Waals surface area contributed by atoms with Gasteiger partial charge in [0.2, 0.25) is 0 Å². The molecular weight excluding hydrogens is 218 g/mol. The Bertz CT molecular complexity index is 595. The predicted octanol–water partition coefficient (Wildman–Crippen LogP) is 0.702. The number of aromatic amines is 1. The van der Waals surface area contributed by atoms with Crippen molar-refractivity contribution in [2.24, 2.45) is 5.73 Å². The third-order valence-corrected chi connectivity index (χ3v) is 3.18. The molecule has 1 fully saturated rings. The quantitative estimate of drug-likeness (QED) is 0.726. The lowest BCUT2D eigenvalue weighted by atomic mass is 10.2. The summed E-state index contributed by atoms with van der Waals surface area (Å²) in [7, 11) is 0. The minimum Gasteiger partial charge on any atom is -0.408 e. The molecule has 0 atom stereocenters. The average Bonchev–Trinajstić information content (AvgIpc) is 2.89. The highest BCUT2D eigenvalue weighted by atomic mass is 16.4. The van der Waals surface area contributed by atoms with Gasteiger partial charge in [0.25, 0.3) is 0 Å². The maximum absolute atomic E-state index is 11.0. The SMILES string of the molecule is NC1(CNCc2ccc3[nH]c(=O)oc3c2)CC1. The van der Waals surface area contributed by atoms with Gasteiger partial charge in [-0.2, -0.15) is 0 Å². The number of rotatable bonds is 4. The summed E-state index contributed by atoms with van der Waals surface area (Å²) in [5.41, 5.74) is 8.42. The molecule has 90 valence electrons. The fourth-order valence-electron chi connectivity index (χ4n) is 1.89. The van der Waals surface area contributed by atoms with Crippen molar-refractivity contribution in [3.63, 3.8) is 0 Å². The zero-order valence-corrected chi connectivity index (χ0v) is 9.45. The van der Waals surface area contributed by atoms with Gasteiger partial charge >= 0.3 is 5.76 Å². The highest BCUT2D eigenvalue weighted by molar-refractivity contribution is 5.72. The Morgan fingerprint density at radius 2 is 2.29 bits per heavy atom. The molecule has 1 saturated carbocycles. The first-order valence-electron chi connectivity index (χ1n) is 5.76. The molecule has 5 heteroatoms. The normalized spacial score (nSPS) is 17.5. The minimum atomic E-state index is -0.413. The maximum atomic E-state index is 11.0. The average molecular weight is 233 g/mol. The smallest absolute Gasteiger partial charge is 0.408 e. The Morgan fingerprint density at radius 3 is 3.06 bits per heavy atom. The van der Waals surface area contributed by atoms with E-state index in [0.29, 0.717) is 5.58 Å². The molecule has 2 aromatic rings. The molecule has 4 N–H and O–H groups in total. The third kappa shape index (κ3) is 2.25. The summed E-state index contributed by atoms with van der Waals surface area (Å²) < 4.78 is 5.00. The molecule has 5 nitrogen and oxygen atoms in total. The van der Waals surface area contributed by atoms with Gasteiger partial charge in [-0.1, -0.05) is 6.07 Å². The van der Waals surface area contributed by atoms with E-state index in [4.69, 9.17) is 10.2 Å². The molecule has 3 rings (SSSR count). The number of hydrogen-bond donors (Lipinski definition) is 3. The second kappa shape index (κ2) is 3.72. The Labute approximate surface area is 98.0 Å². The zero-order valence-electron chi connectivity index (χ0n) is 9.45.